The first kappa shape index (κ1) is 32.9. The third kappa shape index (κ3) is 7.03. The van der Waals surface area contributed by atoms with Crippen molar-refractivity contribution in [3.63, 3.8) is 0 Å². The normalized spacial score (nSPS) is 19.4. The molecule has 1 aliphatic heterocycles. The molecule has 3 aromatic carbocycles. The number of nitrogens with one attached hydrogen (secondary N) is 1. The van der Waals surface area contributed by atoms with Gasteiger partial charge in [0.2, 0.25) is 0 Å². The summed E-state index contributed by atoms with van der Waals surface area (Å²) in [6.45, 7) is 9.39. The summed E-state index contributed by atoms with van der Waals surface area (Å²) in [5, 5.41) is 0. The molecule has 0 radical (unpaired) electrons. The molecule has 4 atom stereocenters. The Morgan fingerprint density at radius 1 is 0.911 bits per heavy atom. The number of nitrogens with zero attached hydrogens (tertiary/aromatic N) is 2. The molecule has 0 bridgehead atoms. The number of aryl methyl sites for hydroxylation is 1. The van der Waals surface area contributed by atoms with Gasteiger partial charge < -0.3 is 14.0 Å². The number of aromatic amines is 1. The molecule has 238 valence electrons. The van der Waals surface area contributed by atoms with Gasteiger partial charge in [0.25, 0.3) is 5.56 Å². The number of ether oxygens (including phenoxy) is 2. The van der Waals surface area contributed by atoms with E-state index in [1.807, 2.05) is 119 Å². The number of hydrogen-bond acceptors (Lipinski definition) is 6. The molecule has 2 heterocycles. The molecule has 45 heavy (non-hydrogen) atoms. The van der Waals surface area contributed by atoms with Gasteiger partial charge in [-0.15, -0.1) is 0 Å². The zero-order chi connectivity index (χ0) is 32.1. The van der Waals surface area contributed by atoms with Gasteiger partial charge in [0.05, 0.1) is 12.7 Å². The van der Waals surface area contributed by atoms with E-state index in [0.717, 1.165) is 16.7 Å². The van der Waals surface area contributed by atoms with Gasteiger partial charge in [-0.3, -0.25) is 14.3 Å². The fourth-order valence-corrected chi connectivity index (χ4v) is 7.31. The van der Waals surface area contributed by atoms with Crippen LogP contribution in [0.25, 0.3) is 0 Å². The van der Waals surface area contributed by atoms with E-state index in [2.05, 4.69) is 4.98 Å². The van der Waals surface area contributed by atoms with E-state index in [0.29, 0.717) is 5.56 Å². The average molecular weight is 634 g/mol. The van der Waals surface area contributed by atoms with E-state index >= 15 is 4.20 Å². The van der Waals surface area contributed by atoms with E-state index in [1.54, 1.807) is 11.6 Å². The summed E-state index contributed by atoms with van der Waals surface area (Å²) in [6, 6.07) is 29.7. The Kier molecular flexibility index (Phi) is 10.5. The summed E-state index contributed by atoms with van der Waals surface area (Å²) in [7, 11) is -2.49. The van der Waals surface area contributed by atoms with E-state index in [1.165, 1.54) is 10.8 Å². The van der Waals surface area contributed by atoms with E-state index < -0.39 is 43.9 Å². The van der Waals surface area contributed by atoms with Gasteiger partial charge in [0.1, 0.15) is 17.9 Å². The molecule has 0 amide bonds. The first-order chi connectivity index (χ1) is 21.6. The highest BCUT2D eigenvalue weighted by molar-refractivity contribution is 7.44. The zero-order valence-corrected chi connectivity index (χ0v) is 27.2. The van der Waals surface area contributed by atoms with E-state index in [-0.39, 0.29) is 25.1 Å². The second-order valence-electron chi connectivity index (χ2n) is 11.9. The molecule has 0 saturated carbocycles. The molecule has 1 N–H and O–H groups in total. The highest BCUT2D eigenvalue weighted by atomic mass is 31.2. The van der Waals surface area contributed by atoms with Gasteiger partial charge in [-0.2, -0.15) is 4.20 Å². The number of H-pyrrole nitrogens is 1. The van der Waals surface area contributed by atoms with Crippen LogP contribution in [-0.2, 0) is 19.6 Å². The topological polar surface area (TPSA) is 85.8 Å². The summed E-state index contributed by atoms with van der Waals surface area (Å²) in [5.41, 5.74) is 1.03. The molecular formula is C35H41FN3O5P. The van der Waals surface area contributed by atoms with Crippen molar-refractivity contribution in [3.05, 3.63) is 140 Å². The van der Waals surface area contributed by atoms with Crippen molar-refractivity contribution in [1.29, 1.82) is 0 Å². The number of hydrogen-bond donors (Lipinski definition) is 1. The van der Waals surface area contributed by atoms with Crippen molar-refractivity contribution in [2.24, 2.45) is 0 Å². The summed E-state index contributed by atoms with van der Waals surface area (Å²) >= 11 is 0. The van der Waals surface area contributed by atoms with Crippen LogP contribution in [0.4, 0.5) is 4.20 Å². The van der Waals surface area contributed by atoms with Crippen molar-refractivity contribution in [3.8, 4) is 0 Å². The average Bonchev–Trinajstić information content (AvgIpc) is 3.42. The molecule has 5 rings (SSSR count). The van der Waals surface area contributed by atoms with Crippen LogP contribution in [-0.4, -0.2) is 45.1 Å². The molecule has 8 nitrogen and oxygen atoms in total. The molecule has 0 aliphatic carbocycles. The summed E-state index contributed by atoms with van der Waals surface area (Å²) in [6.07, 6.45) is -0.583. The second-order valence-corrected chi connectivity index (χ2v) is 13.0. The van der Waals surface area contributed by atoms with Crippen LogP contribution in [0.3, 0.4) is 0 Å². The predicted molar refractivity (Wildman–Crippen MR) is 175 cm³/mol. The van der Waals surface area contributed by atoms with Gasteiger partial charge >= 0.3 is 14.3 Å². The lowest BCUT2D eigenvalue weighted by atomic mass is 9.80. The van der Waals surface area contributed by atoms with Crippen molar-refractivity contribution in [1.82, 2.24) is 14.2 Å². The standard InChI is InChI=1S/C35H41FN3O5P/c1-24(2)39(25(3)4)45(36)44-30-21-32(38-22-26(5)33(40)37-34(38)41)43-31(30)23-42-35(27-15-9-6-10-16-27,28-17-11-7-12-18-28)29-19-13-8-14-20-29/h6-20,22,24-25,30-32H,21,23H2,1-5H3,(H,37,40,41)/t30-,31+,32+,45?/m0/s1. The van der Waals surface area contributed by atoms with Gasteiger partial charge in [0.15, 0.2) is 0 Å². The molecular weight excluding hydrogens is 592 g/mol. The van der Waals surface area contributed by atoms with Crippen LogP contribution in [0.15, 0.2) is 107 Å². The van der Waals surface area contributed by atoms with Crippen LogP contribution in [0.5, 0.6) is 0 Å². The molecule has 4 aromatic rings. The summed E-state index contributed by atoms with van der Waals surface area (Å²) in [4.78, 5) is 27.3. The van der Waals surface area contributed by atoms with Crippen LogP contribution in [0.2, 0.25) is 0 Å². The quantitative estimate of drug-likeness (QED) is 0.136. The van der Waals surface area contributed by atoms with Crippen LogP contribution in [0, 0.1) is 6.92 Å². The fourth-order valence-electron chi connectivity index (χ4n) is 6.03. The largest absolute Gasteiger partial charge is 0.358 e. The number of aromatic nitrogens is 2. The third-order valence-electron chi connectivity index (χ3n) is 8.10. The molecule has 1 unspecified atom stereocenters. The Morgan fingerprint density at radius 2 is 1.40 bits per heavy atom. The Balaban J connectivity index is 1.54. The fraction of sp³-hybridized carbons (Fsp3) is 0.371. The third-order valence-corrected chi connectivity index (χ3v) is 9.84. The minimum atomic E-state index is -2.49. The maximum absolute atomic E-state index is 15.9. The summed E-state index contributed by atoms with van der Waals surface area (Å²) in [5.74, 6) is 0. The van der Waals surface area contributed by atoms with Gasteiger partial charge in [0, 0.05) is 30.3 Å². The minimum Gasteiger partial charge on any atom is -0.358 e. The van der Waals surface area contributed by atoms with Crippen LogP contribution in [0.1, 0.15) is 62.6 Å². The Labute approximate surface area is 264 Å². The molecule has 1 aromatic heterocycles. The maximum Gasteiger partial charge on any atom is 0.330 e. The number of halogens is 1. The van der Waals surface area contributed by atoms with Crippen molar-refractivity contribution in [2.45, 2.75) is 77.2 Å². The lowest BCUT2D eigenvalue weighted by Gasteiger charge is -2.37. The van der Waals surface area contributed by atoms with E-state index in [4.69, 9.17) is 14.0 Å². The first-order valence-electron chi connectivity index (χ1n) is 15.3. The molecule has 10 heteroatoms. The zero-order valence-electron chi connectivity index (χ0n) is 26.3. The van der Waals surface area contributed by atoms with Gasteiger partial charge in [-0.05, 0) is 51.3 Å². The Bertz CT molecular complexity index is 1540. The highest BCUT2D eigenvalue weighted by Crippen LogP contribution is 2.50. The SMILES string of the molecule is Cc1cn([C@H]2C[C@H](OP(F)N(C(C)C)C(C)C)[C@@H](COC(c3ccccc3)(c3ccccc3)c3ccccc3)O2)c(=O)[nH]c1=O. The Hall–Kier alpha value is -3.46. The van der Waals surface area contributed by atoms with Gasteiger partial charge in [-0.1, -0.05) is 91.0 Å². The van der Waals surface area contributed by atoms with Crippen molar-refractivity contribution >= 4 is 8.61 Å². The van der Waals surface area contributed by atoms with Crippen molar-refractivity contribution < 1.29 is 18.2 Å². The second kappa shape index (κ2) is 14.3. The molecule has 0 spiro atoms. The minimum absolute atomic E-state index is 0.0312. The van der Waals surface area contributed by atoms with Crippen molar-refractivity contribution in [2.75, 3.05) is 6.61 Å². The number of benzene rings is 3. The smallest absolute Gasteiger partial charge is 0.330 e. The van der Waals surface area contributed by atoms with Crippen LogP contribution >= 0.6 is 8.61 Å². The van der Waals surface area contributed by atoms with E-state index in [9.17, 15) is 9.59 Å². The molecule has 1 saturated heterocycles. The maximum atomic E-state index is 15.9. The highest BCUT2D eigenvalue weighted by Gasteiger charge is 2.44. The molecule has 1 aliphatic rings. The lowest BCUT2D eigenvalue weighted by molar-refractivity contribution is -0.0919. The van der Waals surface area contributed by atoms with Gasteiger partial charge in [-0.25, -0.2) is 9.46 Å². The lowest BCUT2D eigenvalue weighted by Crippen LogP contribution is -2.39. The Morgan fingerprint density at radius 3 is 1.87 bits per heavy atom. The summed E-state index contributed by atoms with van der Waals surface area (Å²) < 4.78 is 38.6. The molecule has 1 fully saturated rings. The number of rotatable bonds is 12. The monoisotopic (exact) mass is 633 g/mol. The van der Waals surface area contributed by atoms with Crippen LogP contribution < -0.4 is 11.2 Å². The predicted octanol–water partition coefficient (Wildman–Crippen LogP) is 6.84. The first-order valence-corrected chi connectivity index (χ1v) is 16.4.